The van der Waals surface area contributed by atoms with Crippen molar-refractivity contribution in [1.82, 2.24) is 4.98 Å². The fourth-order valence-electron chi connectivity index (χ4n) is 1.81. The van der Waals surface area contributed by atoms with Crippen molar-refractivity contribution < 1.29 is 19.4 Å². The Hall–Kier alpha value is -1.63. The van der Waals surface area contributed by atoms with Crippen LogP contribution in [0, 0.1) is 0 Å². The maximum atomic E-state index is 12.1. The zero-order valence-corrected chi connectivity index (χ0v) is 11.9. The van der Waals surface area contributed by atoms with Gasteiger partial charge >= 0.3 is 12.1 Å². The number of hydrogen-bond acceptors (Lipinski definition) is 5. The highest BCUT2D eigenvalue weighted by atomic mass is 32.1. The minimum Gasteiger partial charge on any atom is -0.476 e. The SMILES string of the molecule is CC(C)(C)OC(=O)N1CCCc2sc(C(=O)O)nc21. The molecule has 19 heavy (non-hydrogen) atoms. The number of rotatable bonds is 1. The third kappa shape index (κ3) is 3.04. The summed E-state index contributed by atoms with van der Waals surface area (Å²) in [5.41, 5.74) is -0.583. The first-order valence-corrected chi connectivity index (χ1v) is 6.83. The normalized spacial score (nSPS) is 15.0. The van der Waals surface area contributed by atoms with Gasteiger partial charge in [-0.2, -0.15) is 0 Å². The van der Waals surface area contributed by atoms with Crippen LogP contribution < -0.4 is 4.90 Å². The van der Waals surface area contributed by atoms with Crippen LogP contribution in [0.4, 0.5) is 10.6 Å². The maximum Gasteiger partial charge on any atom is 0.416 e. The number of carbonyl (C=O) groups excluding carboxylic acids is 1. The van der Waals surface area contributed by atoms with Gasteiger partial charge in [-0.3, -0.25) is 4.90 Å². The average Bonchev–Trinajstić information content (AvgIpc) is 2.69. The zero-order valence-electron chi connectivity index (χ0n) is 11.1. The van der Waals surface area contributed by atoms with Gasteiger partial charge in [-0.15, -0.1) is 11.3 Å². The number of thiazole rings is 1. The molecular formula is C12H16N2O4S. The number of anilines is 1. The first-order valence-electron chi connectivity index (χ1n) is 6.01. The number of ether oxygens (including phenoxy) is 1. The smallest absolute Gasteiger partial charge is 0.416 e. The molecule has 2 rings (SSSR count). The monoisotopic (exact) mass is 284 g/mol. The van der Waals surface area contributed by atoms with E-state index in [9.17, 15) is 9.59 Å². The minimum atomic E-state index is -1.07. The molecule has 2 heterocycles. The number of carboxylic acids is 1. The lowest BCUT2D eigenvalue weighted by atomic mass is 10.2. The Morgan fingerprint density at radius 2 is 2.11 bits per heavy atom. The van der Waals surface area contributed by atoms with Crippen molar-refractivity contribution in [2.45, 2.75) is 39.2 Å². The van der Waals surface area contributed by atoms with Crippen LogP contribution in [0.1, 0.15) is 41.9 Å². The summed E-state index contributed by atoms with van der Waals surface area (Å²) in [6.45, 7) is 5.88. The third-order valence-electron chi connectivity index (χ3n) is 2.51. The van der Waals surface area contributed by atoms with Crippen molar-refractivity contribution in [3.63, 3.8) is 0 Å². The number of amides is 1. The molecular weight excluding hydrogens is 268 g/mol. The zero-order chi connectivity index (χ0) is 14.2. The molecule has 6 nitrogen and oxygen atoms in total. The van der Waals surface area contributed by atoms with E-state index in [1.807, 2.05) is 0 Å². The molecule has 1 N–H and O–H groups in total. The van der Waals surface area contributed by atoms with E-state index in [1.54, 1.807) is 20.8 Å². The number of aromatic carboxylic acids is 1. The lowest BCUT2D eigenvalue weighted by molar-refractivity contribution is 0.0574. The molecule has 1 aromatic heterocycles. The molecule has 1 aliphatic rings. The Labute approximate surface area is 115 Å². The molecule has 0 aliphatic carbocycles. The fraction of sp³-hybridized carbons (Fsp3) is 0.583. The molecule has 0 fully saturated rings. The molecule has 0 unspecified atom stereocenters. The molecule has 1 amide bonds. The summed E-state index contributed by atoms with van der Waals surface area (Å²) in [4.78, 5) is 29.3. The lowest BCUT2D eigenvalue weighted by Crippen LogP contribution is -2.39. The highest BCUT2D eigenvalue weighted by Crippen LogP contribution is 2.32. The predicted molar refractivity (Wildman–Crippen MR) is 71.0 cm³/mol. The highest BCUT2D eigenvalue weighted by Gasteiger charge is 2.31. The van der Waals surface area contributed by atoms with Crippen LogP contribution in [0.15, 0.2) is 0 Å². The molecule has 1 aromatic rings. The molecule has 0 saturated heterocycles. The number of nitrogens with zero attached hydrogens (tertiary/aromatic N) is 2. The quantitative estimate of drug-likeness (QED) is 0.857. The van der Waals surface area contributed by atoms with Gasteiger partial charge in [0.2, 0.25) is 5.01 Å². The van der Waals surface area contributed by atoms with Gasteiger partial charge in [-0.05, 0) is 33.6 Å². The van der Waals surface area contributed by atoms with Gasteiger partial charge in [0, 0.05) is 6.54 Å². The van der Waals surface area contributed by atoms with Crippen molar-refractivity contribution in [1.29, 1.82) is 0 Å². The maximum absolute atomic E-state index is 12.1. The lowest BCUT2D eigenvalue weighted by Gasteiger charge is -2.28. The average molecular weight is 284 g/mol. The predicted octanol–water partition coefficient (Wildman–Crippen LogP) is 2.53. The van der Waals surface area contributed by atoms with E-state index in [4.69, 9.17) is 9.84 Å². The van der Waals surface area contributed by atoms with Gasteiger partial charge in [0.25, 0.3) is 0 Å². The van der Waals surface area contributed by atoms with Crippen molar-refractivity contribution >= 4 is 29.2 Å². The number of fused-ring (bicyclic) bond motifs is 1. The Morgan fingerprint density at radius 1 is 1.42 bits per heavy atom. The van der Waals surface area contributed by atoms with E-state index >= 15 is 0 Å². The van der Waals surface area contributed by atoms with Crippen LogP contribution >= 0.6 is 11.3 Å². The second kappa shape index (κ2) is 4.80. The number of aromatic nitrogens is 1. The summed E-state index contributed by atoms with van der Waals surface area (Å²) < 4.78 is 5.31. The van der Waals surface area contributed by atoms with Gasteiger partial charge < -0.3 is 9.84 Å². The second-order valence-corrected chi connectivity index (χ2v) is 6.39. The highest BCUT2D eigenvalue weighted by molar-refractivity contribution is 7.14. The Morgan fingerprint density at radius 3 is 2.68 bits per heavy atom. The molecule has 0 spiro atoms. The van der Waals surface area contributed by atoms with E-state index in [1.165, 1.54) is 4.90 Å². The van der Waals surface area contributed by atoms with Crippen molar-refractivity contribution in [2.24, 2.45) is 0 Å². The summed E-state index contributed by atoms with van der Waals surface area (Å²) in [5.74, 6) is -0.633. The summed E-state index contributed by atoms with van der Waals surface area (Å²) >= 11 is 1.12. The van der Waals surface area contributed by atoms with E-state index in [0.29, 0.717) is 12.4 Å². The Balaban J connectivity index is 2.26. The van der Waals surface area contributed by atoms with E-state index in [0.717, 1.165) is 29.1 Å². The molecule has 1 aliphatic heterocycles. The fourth-order valence-corrected chi connectivity index (χ4v) is 2.75. The van der Waals surface area contributed by atoms with Gasteiger partial charge in [-0.1, -0.05) is 0 Å². The van der Waals surface area contributed by atoms with E-state index in [2.05, 4.69) is 4.98 Å². The molecule has 0 saturated carbocycles. The van der Waals surface area contributed by atoms with Crippen LogP contribution in [0.5, 0.6) is 0 Å². The molecule has 104 valence electrons. The Kier molecular flexibility index (Phi) is 3.49. The van der Waals surface area contributed by atoms with Crippen LogP contribution in [-0.4, -0.2) is 34.3 Å². The number of hydrogen-bond donors (Lipinski definition) is 1. The third-order valence-corrected chi connectivity index (χ3v) is 3.61. The first-order chi connectivity index (χ1) is 8.78. The molecule has 7 heteroatoms. The van der Waals surface area contributed by atoms with Crippen molar-refractivity contribution in [3.8, 4) is 0 Å². The van der Waals surface area contributed by atoms with Crippen LogP contribution in [0.25, 0.3) is 0 Å². The second-order valence-electron chi connectivity index (χ2n) is 5.31. The minimum absolute atomic E-state index is 0.0143. The van der Waals surface area contributed by atoms with Gasteiger partial charge in [0.15, 0.2) is 5.82 Å². The summed E-state index contributed by atoms with van der Waals surface area (Å²) in [6.07, 6.45) is 1.06. The molecule has 0 atom stereocenters. The van der Waals surface area contributed by atoms with Gasteiger partial charge in [0.1, 0.15) is 5.60 Å². The number of aryl methyl sites for hydroxylation is 1. The first kappa shape index (κ1) is 13.8. The van der Waals surface area contributed by atoms with Crippen molar-refractivity contribution in [2.75, 3.05) is 11.4 Å². The molecule has 0 bridgehead atoms. The summed E-state index contributed by atoms with van der Waals surface area (Å²) in [7, 11) is 0. The van der Waals surface area contributed by atoms with Gasteiger partial charge in [-0.25, -0.2) is 14.6 Å². The van der Waals surface area contributed by atoms with Crippen molar-refractivity contribution in [3.05, 3.63) is 9.88 Å². The largest absolute Gasteiger partial charge is 0.476 e. The number of carbonyl (C=O) groups is 2. The topological polar surface area (TPSA) is 79.7 Å². The van der Waals surface area contributed by atoms with E-state index in [-0.39, 0.29) is 5.01 Å². The van der Waals surface area contributed by atoms with Crippen LogP contribution in [-0.2, 0) is 11.2 Å². The van der Waals surface area contributed by atoms with Crippen LogP contribution in [0.2, 0.25) is 0 Å². The molecule has 0 aromatic carbocycles. The summed E-state index contributed by atoms with van der Waals surface area (Å²) in [5, 5.41) is 8.97. The van der Waals surface area contributed by atoms with Crippen LogP contribution in [0.3, 0.4) is 0 Å². The standard InChI is InChI=1S/C12H16N2O4S/c1-12(2,3)18-11(17)14-6-4-5-7-8(14)13-9(19-7)10(15)16/h4-6H2,1-3H3,(H,15,16). The molecule has 0 radical (unpaired) electrons. The summed E-state index contributed by atoms with van der Waals surface area (Å²) in [6, 6.07) is 0. The van der Waals surface area contributed by atoms with Gasteiger partial charge in [0.05, 0.1) is 4.88 Å². The number of carboxylic acid groups (broad SMARTS) is 1. The van der Waals surface area contributed by atoms with E-state index < -0.39 is 17.7 Å². The Bertz CT molecular complexity index is 518.